The number of alkyl halides is 1. The maximum Gasteiger partial charge on any atom is 0.343 e. The molecule has 0 aromatic heterocycles. The molecule has 1 atom stereocenters. The molecule has 0 saturated heterocycles. The van der Waals surface area contributed by atoms with Gasteiger partial charge in [-0.2, -0.15) is 0 Å². The standard InChI is InChI=1S/C20H33FO2/c1-3-4-5-6-7-19(2,21)18(22)23-14-20-11-15-8-16(12-20)10-17(9-15)13-20/h15-17H,3-14H2,1-2H3. The van der Waals surface area contributed by atoms with Gasteiger partial charge in [0.15, 0.2) is 0 Å². The Balaban J connectivity index is 1.48. The Morgan fingerprint density at radius 1 is 1.09 bits per heavy atom. The molecule has 4 aliphatic rings. The summed E-state index contributed by atoms with van der Waals surface area (Å²) in [5, 5.41) is 0. The molecule has 4 saturated carbocycles. The summed E-state index contributed by atoms with van der Waals surface area (Å²) in [6.45, 7) is 4.00. The lowest BCUT2D eigenvalue weighted by Crippen LogP contribution is -2.49. The van der Waals surface area contributed by atoms with Gasteiger partial charge in [0.2, 0.25) is 5.67 Å². The van der Waals surface area contributed by atoms with Crippen LogP contribution in [0.1, 0.15) is 84.5 Å². The largest absolute Gasteiger partial charge is 0.463 e. The van der Waals surface area contributed by atoms with Crippen LogP contribution in [0, 0.1) is 23.2 Å². The minimum Gasteiger partial charge on any atom is -0.463 e. The summed E-state index contributed by atoms with van der Waals surface area (Å²) in [4.78, 5) is 12.2. The van der Waals surface area contributed by atoms with Crippen molar-refractivity contribution in [3.05, 3.63) is 0 Å². The van der Waals surface area contributed by atoms with Gasteiger partial charge in [-0.3, -0.25) is 0 Å². The van der Waals surface area contributed by atoms with E-state index in [-0.39, 0.29) is 5.41 Å². The minimum absolute atomic E-state index is 0.183. The predicted molar refractivity (Wildman–Crippen MR) is 89.8 cm³/mol. The Bertz CT molecular complexity index is 394. The van der Waals surface area contributed by atoms with E-state index in [2.05, 4.69) is 6.92 Å². The first-order valence-electron chi connectivity index (χ1n) is 9.79. The summed E-state index contributed by atoms with van der Waals surface area (Å²) in [7, 11) is 0. The van der Waals surface area contributed by atoms with E-state index in [1.165, 1.54) is 45.4 Å². The molecule has 4 bridgehead atoms. The first kappa shape index (κ1) is 17.2. The summed E-state index contributed by atoms with van der Waals surface area (Å²) in [6.07, 6.45) is 12.0. The molecular formula is C20H33FO2. The fraction of sp³-hybridized carbons (Fsp3) is 0.950. The fourth-order valence-corrected chi connectivity index (χ4v) is 5.82. The van der Waals surface area contributed by atoms with E-state index in [9.17, 15) is 9.18 Å². The molecule has 1 unspecified atom stereocenters. The van der Waals surface area contributed by atoms with Gasteiger partial charge in [0.05, 0.1) is 6.61 Å². The lowest BCUT2D eigenvalue weighted by atomic mass is 9.50. The van der Waals surface area contributed by atoms with Crippen molar-refractivity contribution in [1.82, 2.24) is 0 Å². The van der Waals surface area contributed by atoms with E-state index in [1.807, 2.05) is 0 Å². The highest BCUT2D eigenvalue weighted by Crippen LogP contribution is 2.60. The van der Waals surface area contributed by atoms with E-state index in [1.54, 1.807) is 0 Å². The normalized spacial score (nSPS) is 37.6. The maximum atomic E-state index is 14.6. The number of unbranched alkanes of at least 4 members (excludes halogenated alkanes) is 3. The monoisotopic (exact) mass is 324 g/mol. The van der Waals surface area contributed by atoms with Gasteiger partial charge in [-0.05, 0) is 76.0 Å². The molecule has 0 N–H and O–H groups in total. The number of esters is 1. The maximum absolute atomic E-state index is 14.6. The number of ether oxygens (including phenoxy) is 1. The topological polar surface area (TPSA) is 26.3 Å². The number of hydrogen-bond acceptors (Lipinski definition) is 2. The molecule has 0 amide bonds. The second kappa shape index (κ2) is 6.72. The predicted octanol–water partition coefficient (Wildman–Crippen LogP) is 5.44. The van der Waals surface area contributed by atoms with Gasteiger partial charge in [-0.15, -0.1) is 0 Å². The molecule has 2 nitrogen and oxygen atoms in total. The van der Waals surface area contributed by atoms with Crippen LogP contribution in [0.4, 0.5) is 4.39 Å². The van der Waals surface area contributed by atoms with Gasteiger partial charge in [0.1, 0.15) is 0 Å². The van der Waals surface area contributed by atoms with Crippen molar-refractivity contribution in [3.8, 4) is 0 Å². The Morgan fingerprint density at radius 2 is 1.65 bits per heavy atom. The zero-order valence-corrected chi connectivity index (χ0v) is 14.9. The zero-order chi connectivity index (χ0) is 16.5. The summed E-state index contributed by atoms with van der Waals surface area (Å²) in [6, 6.07) is 0. The van der Waals surface area contributed by atoms with Crippen molar-refractivity contribution in [3.63, 3.8) is 0 Å². The smallest absolute Gasteiger partial charge is 0.343 e. The summed E-state index contributed by atoms with van der Waals surface area (Å²) in [5.41, 5.74) is -1.63. The molecule has 23 heavy (non-hydrogen) atoms. The van der Waals surface area contributed by atoms with Crippen molar-refractivity contribution in [2.75, 3.05) is 6.61 Å². The summed E-state index contributed by atoms with van der Waals surface area (Å²) in [5.74, 6) is 1.90. The zero-order valence-electron chi connectivity index (χ0n) is 14.9. The molecule has 0 aliphatic heterocycles. The molecule has 0 radical (unpaired) electrons. The van der Waals surface area contributed by atoms with Crippen molar-refractivity contribution < 1.29 is 13.9 Å². The Kier molecular flexibility index (Phi) is 5.04. The third-order valence-corrected chi connectivity index (χ3v) is 6.60. The average Bonchev–Trinajstić information content (AvgIpc) is 2.48. The summed E-state index contributed by atoms with van der Waals surface area (Å²) < 4.78 is 20.1. The second-order valence-corrected chi connectivity index (χ2v) is 9.00. The first-order chi connectivity index (χ1) is 10.9. The van der Waals surface area contributed by atoms with Crippen molar-refractivity contribution in [1.29, 1.82) is 0 Å². The lowest BCUT2D eigenvalue weighted by molar-refractivity contribution is -0.168. The van der Waals surface area contributed by atoms with Crippen LogP contribution in [0.2, 0.25) is 0 Å². The van der Waals surface area contributed by atoms with Crippen LogP contribution in [0.3, 0.4) is 0 Å². The Morgan fingerprint density at radius 3 is 2.17 bits per heavy atom. The number of hydrogen-bond donors (Lipinski definition) is 0. The molecule has 0 aromatic rings. The van der Waals surface area contributed by atoms with E-state index >= 15 is 0 Å². The molecule has 0 aromatic carbocycles. The van der Waals surface area contributed by atoms with Gasteiger partial charge in [-0.1, -0.05) is 26.2 Å². The number of halogens is 1. The van der Waals surface area contributed by atoms with Crippen LogP contribution in [0.5, 0.6) is 0 Å². The van der Waals surface area contributed by atoms with Crippen LogP contribution in [-0.4, -0.2) is 18.2 Å². The first-order valence-corrected chi connectivity index (χ1v) is 9.79. The third-order valence-electron chi connectivity index (χ3n) is 6.60. The van der Waals surface area contributed by atoms with Crippen LogP contribution in [-0.2, 0) is 9.53 Å². The molecule has 132 valence electrons. The lowest BCUT2D eigenvalue weighted by Gasteiger charge is -2.56. The van der Waals surface area contributed by atoms with E-state index in [0.717, 1.165) is 43.4 Å². The number of carbonyl (C=O) groups is 1. The Labute approximate surface area is 140 Å². The minimum atomic E-state index is -1.81. The van der Waals surface area contributed by atoms with Crippen LogP contribution in [0.25, 0.3) is 0 Å². The van der Waals surface area contributed by atoms with Gasteiger partial charge < -0.3 is 4.74 Å². The molecule has 3 heteroatoms. The third kappa shape index (κ3) is 3.91. The quantitative estimate of drug-likeness (QED) is 0.439. The highest BCUT2D eigenvalue weighted by Gasteiger charge is 2.51. The molecular weight excluding hydrogens is 291 g/mol. The summed E-state index contributed by atoms with van der Waals surface area (Å²) >= 11 is 0. The molecule has 4 aliphatic carbocycles. The van der Waals surface area contributed by atoms with Gasteiger partial charge in [0, 0.05) is 5.41 Å². The average molecular weight is 324 g/mol. The number of rotatable bonds is 8. The van der Waals surface area contributed by atoms with Gasteiger partial charge in [0.25, 0.3) is 0 Å². The van der Waals surface area contributed by atoms with E-state index < -0.39 is 11.6 Å². The van der Waals surface area contributed by atoms with Crippen LogP contribution in [0.15, 0.2) is 0 Å². The fourth-order valence-electron chi connectivity index (χ4n) is 5.82. The van der Waals surface area contributed by atoms with E-state index in [0.29, 0.717) is 13.0 Å². The SMILES string of the molecule is CCCCCCC(C)(F)C(=O)OCC12CC3CC(CC(C3)C1)C2. The molecule has 0 heterocycles. The highest BCUT2D eigenvalue weighted by molar-refractivity contribution is 5.78. The van der Waals surface area contributed by atoms with Crippen molar-refractivity contribution in [2.24, 2.45) is 23.2 Å². The van der Waals surface area contributed by atoms with Crippen molar-refractivity contribution in [2.45, 2.75) is 90.1 Å². The Hall–Kier alpha value is -0.600. The van der Waals surface area contributed by atoms with Crippen molar-refractivity contribution >= 4 is 5.97 Å². The highest BCUT2D eigenvalue weighted by atomic mass is 19.1. The molecule has 4 rings (SSSR count). The van der Waals surface area contributed by atoms with Crippen LogP contribution < -0.4 is 0 Å². The van der Waals surface area contributed by atoms with E-state index in [4.69, 9.17) is 4.74 Å². The van der Waals surface area contributed by atoms with Crippen LogP contribution >= 0.6 is 0 Å². The van der Waals surface area contributed by atoms with Gasteiger partial charge >= 0.3 is 5.97 Å². The molecule has 4 fully saturated rings. The molecule has 0 spiro atoms. The number of carbonyl (C=O) groups excluding carboxylic acids is 1. The second-order valence-electron chi connectivity index (χ2n) is 9.00. The van der Waals surface area contributed by atoms with Gasteiger partial charge in [-0.25, -0.2) is 9.18 Å².